The molecule has 3 nitrogen and oxygen atoms in total. The van der Waals surface area contributed by atoms with Crippen LogP contribution in [0.25, 0.3) is 0 Å². The van der Waals surface area contributed by atoms with E-state index in [1.165, 1.54) is 49.7 Å². The predicted molar refractivity (Wildman–Crippen MR) is 109 cm³/mol. The fourth-order valence-electron chi connectivity index (χ4n) is 3.03. The first kappa shape index (κ1) is 20.0. The van der Waals surface area contributed by atoms with Gasteiger partial charge in [-0.25, -0.2) is 4.79 Å². The van der Waals surface area contributed by atoms with Gasteiger partial charge >= 0.3 is 6.09 Å². The number of ether oxygens (including phenoxy) is 1. The molecule has 2 aromatic rings. The molecule has 0 aliphatic carbocycles. The van der Waals surface area contributed by atoms with Gasteiger partial charge in [0.2, 0.25) is 0 Å². The van der Waals surface area contributed by atoms with Crippen LogP contribution in [0.1, 0.15) is 62.1 Å². The predicted octanol–water partition coefficient (Wildman–Crippen LogP) is 6.82. The van der Waals surface area contributed by atoms with Crippen molar-refractivity contribution >= 4 is 11.8 Å². The normalized spacial score (nSPS) is 10.6. The van der Waals surface area contributed by atoms with E-state index in [1.54, 1.807) is 0 Å². The summed E-state index contributed by atoms with van der Waals surface area (Å²) in [5, 5.41) is 2.80. The minimum absolute atomic E-state index is 0.458. The zero-order valence-corrected chi connectivity index (χ0v) is 16.3. The van der Waals surface area contributed by atoms with Crippen molar-refractivity contribution in [3.63, 3.8) is 0 Å². The van der Waals surface area contributed by atoms with Crippen molar-refractivity contribution < 1.29 is 9.53 Å². The number of hydrogen-bond acceptors (Lipinski definition) is 2. The van der Waals surface area contributed by atoms with Crippen LogP contribution in [0.2, 0.25) is 0 Å². The lowest BCUT2D eigenvalue weighted by Crippen LogP contribution is -2.17. The van der Waals surface area contributed by atoms with Crippen LogP contribution in [-0.4, -0.2) is 6.09 Å². The van der Waals surface area contributed by atoms with Gasteiger partial charge in [0, 0.05) is 5.69 Å². The van der Waals surface area contributed by atoms with Crippen LogP contribution in [0, 0.1) is 13.8 Å². The minimum Gasteiger partial charge on any atom is -0.410 e. The summed E-state index contributed by atoms with van der Waals surface area (Å²) >= 11 is 0. The Morgan fingerprint density at radius 2 is 1.62 bits per heavy atom. The first-order chi connectivity index (χ1) is 12.6. The van der Waals surface area contributed by atoms with Gasteiger partial charge in [-0.3, -0.25) is 5.32 Å². The lowest BCUT2D eigenvalue weighted by atomic mass is 10.0. The molecule has 26 heavy (non-hydrogen) atoms. The molecule has 0 heterocycles. The van der Waals surface area contributed by atoms with Gasteiger partial charge in [0.25, 0.3) is 0 Å². The quantitative estimate of drug-likeness (QED) is 0.502. The van der Waals surface area contributed by atoms with Crippen LogP contribution in [0.15, 0.2) is 42.5 Å². The zero-order chi connectivity index (χ0) is 18.8. The Bertz CT molecular complexity index is 692. The highest BCUT2D eigenvalue weighted by atomic mass is 16.6. The summed E-state index contributed by atoms with van der Waals surface area (Å²) in [4.78, 5) is 12.1. The fraction of sp³-hybridized carbons (Fsp3) is 0.435. The van der Waals surface area contributed by atoms with E-state index in [0.29, 0.717) is 5.75 Å². The smallest absolute Gasteiger partial charge is 0.410 e. The zero-order valence-electron chi connectivity index (χ0n) is 16.3. The van der Waals surface area contributed by atoms with E-state index in [9.17, 15) is 4.79 Å². The average molecular weight is 354 g/mol. The van der Waals surface area contributed by atoms with Crippen LogP contribution >= 0.6 is 0 Å². The molecule has 0 spiro atoms. The van der Waals surface area contributed by atoms with Crippen LogP contribution in [0.4, 0.5) is 10.5 Å². The van der Waals surface area contributed by atoms with E-state index in [0.717, 1.165) is 17.7 Å². The van der Waals surface area contributed by atoms with Crippen LogP contribution in [0.5, 0.6) is 5.75 Å². The molecular weight excluding hydrogens is 322 g/mol. The number of unbranched alkanes of at least 4 members (excludes halogenated alkanes) is 5. The molecule has 0 unspecified atom stereocenters. The summed E-state index contributed by atoms with van der Waals surface area (Å²) in [5.41, 5.74) is 4.27. The van der Waals surface area contributed by atoms with Crippen molar-refractivity contribution in [2.75, 3.05) is 5.32 Å². The molecule has 0 bridgehead atoms. The Kier molecular flexibility index (Phi) is 8.20. The Balaban J connectivity index is 1.76. The second-order valence-electron chi connectivity index (χ2n) is 6.99. The Morgan fingerprint density at radius 3 is 2.31 bits per heavy atom. The number of rotatable bonds is 9. The van der Waals surface area contributed by atoms with Gasteiger partial charge in [-0.1, -0.05) is 68.9 Å². The number of carbonyl (C=O) groups is 1. The van der Waals surface area contributed by atoms with Gasteiger partial charge in [-0.2, -0.15) is 0 Å². The van der Waals surface area contributed by atoms with Crippen molar-refractivity contribution in [3.05, 3.63) is 59.2 Å². The fourth-order valence-corrected chi connectivity index (χ4v) is 3.03. The number of aryl methyl sites for hydroxylation is 3. The van der Waals surface area contributed by atoms with Gasteiger partial charge in [-0.15, -0.1) is 0 Å². The van der Waals surface area contributed by atoms with Gasteiger partial charge < -0.3 is 4.74 Å². The van der Waals surface area contributed by atoms with Gasteiger partial charge in [0.1, 0.15) is 5.75 Å². The molecule has 0 radical (unpaired) electrons. The molecule has 3 heteroatoms. The van der Waals surface area contributed by atoms with Crippen LogP contribution in [-0.2, 0) is 6.42 Å². The standard InChI is InChI=1S/C23H31NO2/c1-4-5-6-7-8-9-10-20-12-14-21(15-13-20)26-23(25)24-22-16-11-18(2)17-19(22)3/h11-17H,4-10H2,1-3H3,(H,24,25). The van der Waals surface area contributed by atoms with E-state index >= 15 is 0 Å². The van der Waals surface area contributed by atoms with Gasteiger partial charge in [0.15, 0.2) is 0 Å². The van der Waals surface area contributed by atoms with Gasteiger partial charge in [-0.05, 0) is 56.0 Å². The summed E-state index contributed by atoms with van der Waals surface area (Å²) in [6.45, 7) is 6.24. The van der Waals surface area contributed by atoms with Crippen molar-refractivity contribution in [1.82, 2.24) is 0 Å². The van der Waals surface area contributed by atoms with Crippen LogP contribution < -0.4 is 10.1 Å². The number of hydrogen-bond donors (Lipinski definition) is 1. The number of anilines is 1. The number of nitrogens with one attached hydrogen (secondary N) is 1. The van der Waals surface area contributed by atoms with E-state index < -0.39 is 6.09 Å². The molecule has 0 aromatic heterocycles. The molecule has 0 aliphatic heterocycles. The highest BCUT2D eigenvalue weighted by Crippen LogP contribution is 2.18. The molecule has 0 atom stereocenters. The summed E-state index contributed by atoms with van der Waals surface area (Å²) in [6.07, 6.45) is 8.44. The Labute approximate surface area is 157 Å². The molecular formula is C23H31NO2. The maximum atomic E-state index is 12.1. The number of benzene rings is 2. The third kappa shape index (κ3) is 6.91. The lowest BCUT2D eigenvalue weighted by Gasteiger charge is -2.10. The molecule has 0 fully saturated rings. The molecule has 0 saturated heterocycles. The molecule has 0 aliphatic rings. The third-order valence-electron chi connectivity index (χ3n) is 4.57. The number of carbonyl (C=O) groups excluding carboxylic acids is 1. The molecule has 140 valence electrons. The SMILES string of the molecule is CCCCCCCCc1ccc(OC(=O)Nc2ccc(C)cc2C)cc1. The van der Waals surface area contributed by atoms with Crippen molar-refractivity contribution in [2.24, 2.45) is 0 Å². The largest absolute Gasteiger partial charge is 0.417 e. The number of amides is 1. The maximum absolute atomic E-state index is 12.1. The first-order valence-electron chi connectivity index (χ1n) is 9.73. The maximum Gasteiger partial charge on any atom is 0.417 e. The first-order valence-corrected chi connectivity index (χ1v) is 9.73. The lowest BCUT2D eigenvalue weighted by molar-refractivity contribution is 0.215. The van der Waals surface area contributed by atoms with E-state index in [4.69, 9.17) is 4.74 Å². The monoisotopic (exact) mass is 353 g/mol. The Morgan fingerprint density at radius 1 is 0.923 bits per heavy atom. The molecule has 1 amide bonds. The molecule has 0 saturated carbocycles. The van der Waals surface area contributed by atoms with Crippen molar-refractivity contribution in [3.8, 4) is 5.75 Å². The van der Waals surface area contributed by atoms with E-state index in [1.807, 2.05) is 56.3 Å². The van der Waals surface area contributed by atoms with Crippen molar-refractivity contribution in [2.45, 2.75) is 65.7 Å². The topological polar surface area (TPSA) is 38.3 Å². The molecule has 1 N–H and O–H groups in total. The van der Waals surface area contributed by atoms with E-state index in [-0.39, 0.29) is 0 Å². The average Bonchev–Trinajstić information content (AvgIpc) is 2.62. The third-order valence-corrected chi connectivity index (χ3v) is 4.57. The van der Waals surface area contributed by atoms with Crippen LogP contribution in [0.3, 0.4) is 0 Å². The second-order valence-corrected chi connectivity index (χ2v) is 6.99. The molecule has 2 aromatic carbocycles. The highest BCUT2D eigenvalue weighted by molar-refractivity contribution is 5.87. The summed E-state index contributed by atoms with van der Waals surface area (Å²) in [6, 6.07) is 13.7. The van der Waals surface area contributed by atoms with E-state index in [2.05, 4.69) is 12.2 Å². The summed E-state index contributed by atoms with van der Waals surface area (Å²) in [5.74, 6) is 0.568. The summed E-state index contributed by atoms with van der Waals surface area (Å²) < 4.78 is 5.38. The van der Waals surface area contributed by atoms with Crippen molar-refractivity contribution in [1.29, 1.82) is 0 Å². The summed E-state index contributed by atoms with van der Waals surface area (Å²) in [7, 11) is 0. The minimum atomic E-state index is -0.458. The van der Waals surface area contributed by atoms with Gasteiger partial charge in [0.05, 0.1) is 0 Å². The second kappa shape index (κ2) is 10.6. The Hall–Kier alpha value is -2.29. The highest BCUT2D eigenvalue weighted by Gasteiger charge is 2.07. The molecule has 2 rings (SSSR count).